The van der Waals surface area contributed by atoms with Gasteiger partial charge in [-0.2, -0.15) is 0 Å². The van der Waals surface area contributed by atoms with E-state index in [9.17, 15) is 4.79 Å². The Bertz CT molecular complexity index is 388. The zero-order chi connectivity index (χ0) is 13.5. The molecule has 1 saturated heterocycles. The quantitative estimate of drug-likeness (QED) is 0.777. The molecule has 2 rings (SSSR count). The molecule has 1 aromatic heterocycles. The number of nitrogens with one attached hydrogen (secondary N) is 1. The lowest BCUT2D eigenvalue weighted by Gasteiger charge is -2.32. The highest BCUT2D eigenvalue weighted by Crippen LogP contribution is 2.01. The van der Waals surface area contributed by atoms with Crippen molar-refractivity contribution >= 4 is 5.91 Å². The first kappa shape index (κ1) is 14.0. The van der Waals surface area contributed by atoms with Crippen LogP contribution in [-0.2, 0) is 11.3 Å². The van der Waals surface area contributed by atoms with Crippen LogP contribution in [0.3, 0.4) is 0 Å². The molecule has 19 heavy (non-hydrogen) atoms. The second-order valence-electron chi connectivity index (χ2n) is 4.97. The lowest BCUT2D eigenvalue weighted by atomic mass is 10.2. The van der Waals surface area contributed by atoms with Crippen molar-refractivity contribution in [2.45, 2.75) is 13.0 Å². The van der Waals surface area contributed by atoms with Crippen LogP contribution in [0, 0.1) is 0 Å². The van der Waals surface area contributed by atoms with Crippen molar-refractivity contribution < 1.29 is 4.79 Å². The van der Waals surface area contributed by atoms with Crippen molar-refractivity contribution in [3.8, 4) is 0 Å². The molecule has 0 atom stereocenters. The predicted octanol–water partition coefficient (Wildman–Crippen LogP) is 0.335. The van der Waals surface area contributed by atoms with Crippen molar-refractivity contribution in [3.63, 3.8) is 0 Å². The number of hydrogen-bond donors (Lipinski definition) is 1. The summed E-state index contributed by atoms with van der Waals surface area (Å²) in [5.41, 5.74) is 1.20. The van der Waals surface area contributed by atoms with Crippen molar-refractivity contribution in [2.24, 2.45) is 0 Å². The molecule has 0 unspecified atom stereocenters. The summed E-state index contributed by atoms with van der Waals surface area (Å²) >= 11 is 0. The van der Waals surface area contributed by atoms with Crippen LogP contribution in [0.5, 0.6) is 0 Å². The summed E-state index contributed by atoms with van der Waals surface area (Å²) in [6.07, 6.45) is 4.15. The lowest BCUT2D eigenvalue weighted by molar-refractivity contribution is -0.132. The van der Waals surface area contributed by atoms with Gasteiger partial charge in [-0.1, -0.05) is 0 Å². The molecular formula is C14H22N4O. The van der Waals surface area contributed by atoms with Gasteiger partial charge in [-0.15, -0.1) is 0 Å². The van der Waals surface area contributed by atoms with Crippen molar-refractivity contribution in [3.05, 3.63) is 30.1 Å². The van der Waals surface area contributed by atoms with Gasteiger partial charge in [0.2, 0.25) is 5.91 Å². The topological polar surface area (TPSA) is 48.5 Å². The fourth-order valence-corrected chi connectivity index (χ4v) is 2.14. The number of nitrogens with zero attached hydrogens (tertiary/aromatic N) is 3. The summed E-state index contributed by atoms with van der Waals surface area (Å²) < 4.78 is 0. The van der Waals surface area contributed by atoms with Crippen molar-refractivity contribution in [1.82, 2.24) is 20.1 Å². The second kappa shape index (κ2) is 7.21. The summed E-state index contributed by atoms with van der Waals surface area (Å²) in [5.74, 6) is 0.260. The maximum Gasteiger partial charge on any atom is 0.223 e. The number of pyridine rings is 1. The van der Waals surface area contributed by atoms with Gasteiger partial charge in [-0.05, 0) is 24.7 Å². The first-order chi connectivity index (χ1) is 9.25. The van der Waals surface area contributed by atoms with Gasteiger partial charge in [-0.3, -0.25) is 9.78 Å². The molecule has 2 heterocycles. The number of rotatable bonds is 5. The molecule has 0 aromatic carbocycles. The highest BCUT2D eigenvalue weighted by Gasteiger charge is 2.18. The average molecular weight is 262 g/mol. The number of likely N-dealkylation sites (N-methyl/N-ethyl adjacent to an activating group) is 1. The Kier molecular flexibility index (Phi) is 5.30. The van der Waals surface area contributed by atoms with Crippen LogP contribution in [0.1, 0.15) is 12.0 Å². The zero-order valence-electron chi connectivity index (χ0n) is 11.5. The molecule has 104 valence electrons. The largest absolute Gasteiger partial charge is 0.340 e. The van der Waals surface area contributed by atoms with Gasteiger partial charge in [-0.25, -0.2) is 0 Å². The molecule has 5 heteroatoms. The first-order valence-electron chi connectivity index (χ1n) is 6.81. The number of carbonyl (C=O) groups excluding carboxylic acids is 1. The fourth-order valence-electron chi connectivity index (χ4n) is 2.14. The molecule has 1 amide bonds. The van der Waals surface area contributed by atoms with E-state index in [0.717, 1.165) is 39.3 Å². The monoisotopic (exact) mass is 262 g/mol. The van der Waals surface area contributed by atoms with Crippen molar-refractivity contribution in [1.29, 1.82) is 0 Å². The predicted molar refractivity (Wildman–Crippen MR) is 74.6 cm³/mol. The standard InChI is InChI=1S/C14H22N4O/c1-17-8-10-18(11-9-17)14(19)4-7-16-12-13-2-5-15-6-3-13/h2-3,5-6,16H,4,7-12H2,1H3. The zero-order valence-corrected chi connectivity index (χ0v) is 11.5. The van der Waals surface area contributed by atoms with E-state index in [-0.39, 0.29) is 5.91 Å². The molecule has 1 N–H and O–H groups in total. The Morgan fingerprint density at radius 2 is 1.95 bits per heavy atom. The van der Waals surface area contributed by atoms with E-state index in [0.29, 0.717) is 6.42 Å². The number of piperazine rings is 1. The van der Waals surface area contributed by atoms with Gasteiger partial charge in [0, 0.05) is 58.1 Å². The summed E-state index contributed by atoms with van der Waals surface area (Å²) in [7, 11) is 2.10. The van der Waals surface area contributed by atoms with Crippen LogP contribution >= 0.6 is 0 Å². The van der Waals surface area contributed by atoms with Gasteiger partial charge < -0.3 is 15.1 Å². The molecule has 1 aliphatic rings. The van der Waals surface area contributed by atoms with Crippen LogP contribution in [0.2, 0.25) is 0 Å². The Balaban J connectivity index is 1.61. The smallest absolute Gasteiger partial charge is 0.223 e. The fraction of sp³-hybridized carbons (Fsp3) is 0.571. The molecule has 1 aromatic rings. The molecular weight excluding hydrogens is 240 g/mol. The number of hydrogen-bond acceptors (Lipinski definition) is 4. The maximum atomic E-state index is 12.0. The van der Waals surface area contributed by atoms with Gasteiger partial charge in [0.25, 0.3) is 0 Å². The van der Waals surface area contributed by atoms with Crippen LogP contribution in [0.15, 0.2) is 24.5 Å². The molecule has 5 nitrogen and oxygen atoms in total. The van der Waals surface area contributed by atoms with E-state index in [4.69, 9.17) is 0 Å². The van der Waals surface area contributed by atoms with Gasteiger partial charge in [0.1, 0.15) is 0 Å². The van der Waals surface area contributed by atoms with E-state index >= 15 is 0 Å². The summed E-state index contributed by atoms with van der Waals surface area (Å²) in [6, 6.07) is 3.96. The Morgan fingerprint density at radius 1 is 1.26 bits per heavy atom. The van der Waals surface area contributed by atoms with E-state index in [1.54, 1.807) is 12.4 Å². The third-order valence-electron chi connectivity index (χ3n) is 3.45. The van der Waals surface area contributed by atoms with Gasteiger partial charge in [0.15, 0.2) is 0 Å². The Labute approximate surface area is 114 Å². The summed E-state index contributed by atoms with van der Waals surface area (Å²) in [4.78, 5) is 20.2. The highest BCUT2D eigenvalue weighted by molar-refractivity contribution is 5.76. The van der Waals surface area contributed by atoms with Crippen LogP contribution in [0.25, 0.3) is 0 Å². The SMILES string of the molecule is CN1CCN(C(=O)CCNCc2ccncc2)CC1. The minimum atomic E-state index is 0.260. The van der Waals surface area contributed by atoms with Crippen LogP contribution < -0.4 is 5.32 Å². The van der Waals surface area contributed by atoms with E-state index in [1.807, 2.05) is 17.0 Å². The molecule has 0 saturated carbocycles. The number of amides is 1. The molecule has 0 spiro atoms. The van der Waals surface area contributed by atoms with Crippen LogP contribution in [-0.4, -0.2) is 60.5 Å². The van der Waals surface area contributed by atoms with E-state index in [1.165, 1.54) is 5.56 Å². The summed E-state index contributed by atoms with van der Waals surface area (Å²) in [6.45, 7) is 5.21. The lowest BCUT2D eigenvalue weighted by Crippen LogP contribution is -2.47. The first-order valence-corrected chi connectivity index (χ1v) is 6.81. The molecule has 1 fully saturated rings. The van der Waals surface area contributed by atoms with E-state index in [2.05, 4.69) is 22.2 Å². The molecule has 0 aliphatic carbocycles. The molecule has 1 aliphatic heterocycles. The number of carbonyl (C=O) groups is 1. The minimum absolute atomic E-state index is 0.260. The Hall–Kier alpha value is -1.46. The minimum Gasteiger partial charge on any atom is -0.340 e. The molecule has 0 radical (unpaired) electrons. The summed E-state index contributed by atoms with van der Waals surface area (Å²) in [5, 5.41) is 3.29. The van der Waals surface area contributed by atoms with Gasteiger partial charge in [0.05, 0.1) is 0 Å². The normalized spacial score (nSPS) is 16.6. The van der Waals surface area contributed by atoms with Crippen LogP contribution in [0.4, 0.5) is 0 Å². The van der Waals surface area contributed by atoms with Crippen molar-refractivity contribution in [2.75, 3.05) is 39.8 Å². The Morgan fingerprint density at radius 3 is 2.63 bits per heavy atom. The van der Waals surface area contributed by atoms with E-state index < -0.39 is 0 Å². The highest BCUT2D eigenvalue weighted by atomic mass is 16.2. The maximum absolute atomic E-state index is 12.0. The van der Waals surface area contributed by atoms with Gasteiger partial charge >= 0.3 is 0 Å². The number of aromatic nitrogens is 1. The third-order valence-corrected chi connectivity index (χ3v) is 3.45. The molecule has 0 bridgehead atoms. The second-order valence-corrected chi connectivity index (χ2v) is 4.97. The third kappa shape index (κ3) is 4.61. The average Bonchev–Trinajstić information content (AvgIpc) is 2.45.